The molecule has 1 aromatic rings. The van der Waals surface area contributed by atoms with E-state index in [0.717, 1.165) is 19.8 Å². The Morgan fingerprint density at radius 2 is 1.85 bits per heavy atom. The Bertz CT molecular complexity index is 382. The van der Waals surface area contributed by atoms with E-state index in [0.29, 0.717) is 12.0 Å². The highest BCUT2D eigenvalue weighted by atomic mass is 16.5. The molecule has 2 nitrogen and oxygen atoms in total. The molecule has 1 atom stereocenters. The van der Waals surface area contributed by atoms with Crippen LogP contribution in [0.3, 0.4) is 0 Å². The highest BCUT2D eigenvalue weighted by Gasteiger charge is 2.37. The summed E-state index contributed by atoms with van der Waals surface area (Å²) in [5.41, 5.74) is 1.58. The van der Waals surface area contributed by atoms with Gasteiger partial charge in [-0.25, -0.2) is 0 Å². The Balaban J connectivity index is 2.19. The third kappa shape index (κ3) is 3.62. The molecule has 1 N–H and O–H groups in total. The molecule has 0 amide bonds. The molecule has 1 fully saturated rings. The lowest BCUT2D eigenvalue weighted by molar-refractivity contribution is 0.0429. The molecule has 1 aromatic carbocycles. The third-order valence-corrected chi connectivity index (χ3v) is 4.65. The van der Waals surface area contributed by atoms with Crippen LogP contribution in [0.15, 0.2) is 30.3 Å². The van der Waals surface area contributed by atoms with Crippen molar-refractivity contribution in [3.63, 3.8) is 0 Å². The van der Waals surface area contributed by atoms with Gasteiger partial charge in [0.15, 0.2) is 0 Å². The summed E-state index contributed by atoms with van der Waals surface area (Å²) in [7, 11) is 0. The Kier molecular flexibility index (Phi) is 5.62. The van der Waals surface area contributed by atoms with E-state index >= 15 is 0 Å². The zero-order chi connectivity index (χ0) is 14.4. The molecular weight excluding hydrogens is 246 g/mol. The molecule has 1 unspecified atom stereocenters. The van der Waals surface area contributed by atoms with E-state index in [4.69, 9.17) is 4.74 Å². The Morgan fingerprint density at radius 3 is 2.45 bits per heavy atom. The van der Waals surface area contributed by atoms with Gasteiger partial charge >= 0.3 is 0 Å². The van der Waals surface area contributed by atoms with Gasteiger partial charge < -0.3 is 10.1 Å². The first-order chi connectivity index (χ1) is 9.66. The lowest BCUT2D eigenvalue weighted by Crippen LogP contribution is -2.51. The fraction of sp³-hybridized carbons (Fsp3) is 0.667. The predicted octanol–water partition coefficient (Wildman–Crippen LogP) is 3.76. The van der Waals surface area contributed by atoms with Crippen LogP contribution in [0.25, 0.3) is 0 Å². The number of nitrogens with one attached hydrogen (secondary N) is 1. The van der Waals surface area contributed by atoms with Crippen molar-refractivity contribution in [1.29, 1.82) is 0 Å². The van der Waals surface area contributed by atoms with Gasteiger partial charge in [0.1, 0.15) is 0 Å². The number of hydrogen-bond donors (Lipinski definition) is 1. The van der Waals surface area contributed by atoms with Crippen molar-refractivity contribution in [1.82, 2.24) is 5.32 Å². The van der Waals surface area contributed by atoms with Gasteiger partial charge in [0, 0.05) is 24.7 Å². The van der Waals surface area contributed by atoms with Gasteiger partial charge in [-0.05, 0) is 37.3 Å². The van der Waals surface area contributed by atoms with E-state index in [2.05, 4.69) is 56.4 Å². The Morgan fingerprint density at radius 1 is 1.20 bits per heavy atom. The zero-order valence-electron chi connectivity index (χ0n) is 13.2. The average Bonchev–Trinajstić information content (AvgIpc) is 2.49. The van der Waals surface area contributed by atoms with Crippen molar-refractivity contribution in [2.45, 2.75) is 51.5 Å². The highest BCUT2D eigenvalue weighted by molar-refractivity contribution is 5.26. The fourth-order valence-electron chi connectivity index (χ4n) is 3.41. The van der Waals surface area contributed by atoms with Crippen LogP contribution in [0, 0.1) is 5.92 Å². The molecule has 1 heterocycles. The maximum absolute atomic E-state index is 5.54. The molecule has 0 radical (unpaired) electrons. The molecule has 2 heteroatoms. The van der Waals surface area contributed by atoms with Crippen molar-refractivity contribution in [2.75, 3.05) is 19.8 Å². The maximum Gasteiger partial charge on any atom is 0.0469 e. The topological polar surface area (TPSA) is 21.3 Å². The smallest absolute Gasteiger partial charge is 0.0469 e. The first kappa shape index (κ1) is 15.5. The summed E-state index contributed by atoms with van der Waals surface area (Å²) in [5, 5.41) is 3.82. The minimum Gasteiger partial charge on any atom is -0.381 e. The SMILES string of the molecule is CCCNC(C1CCOCC1)C(C)(C)c1ccccc1. The molecule has 1 aliphatic heterocycles. The van der Waals surface area contributed by atoms with Crippen molar-refractivity contribution in [3.05, 3.63) is 35.9 Å². The van der Waals surface area contributed by atoms with Gasteiger partial charge in [0.25, 0.3) is 0 Å². The maximum atomic E-state index is 5.54. The Labute approximate surface area is 123 Å². The second kappa shape index (κ2) is 7.24. The normalized spacial score (nSPS) is 18.9. The summed E-state index contributed by atoms with van der Waals surface area (Å²) >= 11 is 0. The van der Waals surface area contributed by atoms with Gasteiger partial charge in [0.2, 0.25) is 0 Å². The second-order valence-electron chi connectivity index (χ2n) is 6.47. The summed E-state index contributed by atoms with van der Waals surface area (Å²) in [4.78, 5) is 0. The third-order valence-electron chi connectivity index (χ3n) is 4.65. The highest BCUT2D eigenvalue weighted by Crippen LogP contribution is 2.34. The minimum absolute atomic E-state index is 0.151. The van der Waals surface area contributed by atoms with Crippen LogP contribution in [0.5, 0.6) is 0 Å². The molecule has 1 aliphatic rings. The van der Waals surface area contributed by atoms with Crippen LogP contribution in [-0.4, -0.2) is 25.8 Å². The van der Waals surface area contributed by atoms with E-state index in [1.54, 1.807) is 0 Å². The van der Waals surface area contributed by atoms with Gasteiger partial charge in [-0.2, -0.15) is 0 Å². The van der Waals surface area contributed by atoms with Crippen molar-refractivity contribution >= 4 is 0 Å². The van der Waals surface area contributed by atoms with E-state index in [9.17, 15) is 0 Å². The van der Waals surface area contributed by atoms with Crippen LogP contribution in [0.1, 0.15) is 45.6 Å². The molecule has 0 spiro atoms. The predicted molar refractivity (Wildman–Crippen MR) is 85.1 cm³/mol. The average molecular weight is 275 g/mol. The largest absolute Gasteiger partial charge is 0.381 e. The van der Waals surface area contributed by atoms with Crippen molar-refractivity contribution in [3.8, 4) is 0 Å². The molecule has 2 rings (SSSR count). The molecule has 0 bridgehead atoms. The summed E-state index contributed by atoms with van der Waals surface area (Å²) in [6, 6.07) is 11.5. The fourth-order valence-corrected chi connectivity index (χ4v) is 3.41. The summed E-state index contributed by atoms with van der Waals surface area (Å²) < 4.78 is 5.54. The molecule has 112 valence electrons. The Hall–Kier alpha value is -0.860. The van der Waals surface area contributed by atoms with Crippen LogP contribution >= 0.6 is 0 Å². The van der Waals surface area contributed by atoms with E-state index in [1.165, 1.54) is 24.8 Å². The zero-order valence-corrected chi connectivity index (χ0v) is 13.2. The first-order valence-electron chi connectivity index (χ1n) is 8.03. The molecule has 20 heavy (non-hydrogen) atoms. The lowest BCUT2D eigenvalue weighted by Gasteiger charge is -2.42. The van der Waals surface area contributed by atoms with E-state index in [-0.39, 0.29) is 5.41 Å². The standard InChI is InChI=1S/C18H29NO/c1-4-12-19-17(15-10-13-20-14-11-15)18(2,3)16-8-6-5-7-9-16/h5-9,15,17,19H,4,10-14H2,1-3H3. The molecule has 0 aliphatic carbocycles. The summed E-state index contributed by atoms with van der Waals surface area (Å²) in [5.74, 6) is 0.713. The van der Waals surface area contributed by atoms with Crippen LogP contribution in [0.2, 0.25) is 0 Å². The van der Waals surface area contributed by atoms with Gasteiger partial charge in [-0.15, -0.1) is 0 Å². The molecular formula is C18H29NO. The number of rotatable bonds is 6. The summed E-state index contributed by atoms with van der Waals surface area (Å²) in [6.07, 6.45) is 3.54. The van der Waals surface area contributed by atoms with Gasteiger partial charge in [-0.3, -0.25) is 0 Å². The first-order valence-corrected chi connectivity index (χ1v) is 8.03. The monoisotopic (exact) mass is 275 g/mol. The van der Waals surface area contributed by atoms with E-state index in [1.807, 2.05) is 0 Å². The van der Waals surface area contributed by atoms with Gasteiger partial charge in [-0.1, -0.05) is 51.1 Å². The second-order valence-corrected chi connectivity index (χ2v) is 6.47. The number of ether oxygens (including phenoxy) is 1. The van der Waals surface area contributed by atoms with Crippen LogP contribution in [-0.2, 0) is 10.2 Å². The van der Waals surface area contributed by atoms with Crippen molar-refractivity contribution in [2.24, 2.45) is 5.92 Å². The minimum atomic E-state index is 0.151. The van der Waals surface area contributed by atoms with Crippen molar-refractivity contribution < 1.29 is 4.74 Å². The molecule has 1 saturated heterocycles. The van der Waals surface area contributed by atoms with Gasteiger partial charge in [0.05, 0.1) is 0 Å². The van der Waals surface area contributed by atoms with Crippen LogP contribution < -0.4 is 5.32 Å². The summed E-state index contributed by atoms with van der Waals surface area (Å²) in [6.45, 7) is 9.93. The molecule has 0 saturated carbocycles. The molecule has 0 aromatic heterocycles. The van der Waals surface area contributed by atoms with Crippen LogP contribution in [0.4, 0.5) is 0 Å². The number of hydrogen-bond acceptors (Lipinski definition) is 2. The quantitative estimate of drug-likeness (QED) is 0.853. The lowest BCUT2D eigenvalue weighted by atomic mass is 9.70. The van der Waals surface area contributed by atoms with E-state index < -0.39 is 0 Å². The number of benzene rings is 1.